The molecule has 0 saturated carbocycles. The lowest BCUT2D eigenvalue weighted by atomic mass is 9.34. The molecule has 1 nitrogen and oxygen atoms in total. The molecule has 0 aliphatic carbocycles. The molecule has 1 aliphatic rings. The van der Waals surface area contributed by atoms with E-state index in [1.165, 1.54) is 38.6 Å². The molecule has 2 heteroatoms. The van der Waals surface area contributed by atoms with E-state index < -0.39 is 0 Å². The Balaban J connectivity index is 1.82. The summed E-state index contributed by atoms with van der Waals surface area (Å²) in [4.78, 5) is 0. The average molecular weight is 360 g/mol. The molecule has 134 valence electrons. The minimum Gasteiger partial charge on any atom is -0.458 e. The van der Waals surface area contributed by atoms with Crippen LogP contribution in [-0.4, -0.2) is 6.71 Å². The number of ether oxygens (including phenoxy) is 1. The van der Waals surface area contributed by atoms with Gasteiger partial charge in [0, 0.05) is 0 Å². The van der Waals surface area contributed by atoms with E-state index in [0.717, 1.165) is 11.5 Å². The van der Waals surface area contributed by atoms with Crippen LogP contribution in [0.3, 0.4) is 0 Å². The molecule has 1 aliphatic heterocycles. The van der Waals surface area contributed by atoms with Crippen LogP contribution in [0.15, 0.2) is 91.0 Å². The maximum Gasteiger partial charge on any atom is 0.252 e. The van der Waals surface area contributed by atoms with Crippen LogP contribution in [0, 0.1) is 13.8 Å². The number of para-hydroxylation sites is 1. The summed E-state index contributed by atoms with van der Waals surface area (Å²) in [6, 6.07) is 32.3. The van der Waals surface area contributed by atoms with Gasteiger partial charge in [0.25, 0.3) is 6.71 Å². The van der Waals surface area contributed by atoms with Gasteiger partial charge in [-0.1, -0.05) is 89.9 Å². The zero-order chi connectivity index (χ0) is 19.1. The first-order chi connectivity index (χ1) is 13.7. The zero-order valence-corrected chi connectivity index (χ0v) is 16.1. The molecule has 5 rings (SSSR count). The highest BCUT2D eigenvalue weighted by Gasteiger charge is 2.34. The summed E-state index contributed by atoms with van der Waals surface area (Å²) < 4.78 is 6.30. The number of fused-ring (bicyclic) bond motifs is 2. The second-order valence-corrected chi connectivity index (χ2v) is 7.52. The van der Waals surface area contributed by atoms with Crippen molar-refractivity contribution in [2.45, 2.75) is 13.8 Å². The van der Waals surface area contributed by atoms with Gasteiger partial charge in [0.2, 0.25) is 0 Å². The molecule has 4 aromatic carbocycles. The molecular formula is C26H21BO. The Bertz CT molecular complexity index is 1160. The third-order valence-electron chi connectivity index (χ3n) is 5.63. The highest BCUT2D eigenvalue weighted by Crippen LogP contribution is 2.27. The predicted molar refractivity (Wildman–Crippen MR) is 119 cm³/mol. The monoisotopic (exact) mass is 360 g/mol. The molecule has 0 N–H and O–H groups in total. The smallest absolute Gasteiger partial charge is 0.252 e. The van der Waals surface area contributed by atoms with E-state index in [1.807, 2.05) is 6.07 Å². The van der Waals surface area contributed by atoms with Gasteiger partial charge < -0.3 is 4.74 Å². The Labute approximate surface area is 166 Å². The van der Waals surface area contributed by atoms with Gasteiger partial charge in [0.05, 0.1) is 0 Å². The largest absolute Gasteiger partial charge is 0.458 e. The molecule has 28 heavy (non-hydrogen) atoms. The topological polar surface area (TPSA) is 9.23 Å². The highest BCUT2D eigenvalue weighted by molar-refractivity contribution is 6.98. The van der Waals surface area contributed by atoms with Gasteiger partial charge in [-0.3, -0.25) is 0 Å². The van der Waals surface area contributed by atoms with E-state index in [2.05, 4.69) is 98.8 Å². The maximum atomic E-state index is 6.30. The highest BCUT2D eigenvalue weighted by atomic mass is 16.5. The quantitative estimate of drug-likeness (QED) is 0.419. The number of benzene rings is 4. The summed E-state index contributed by atoms with van der Waals surface area (Å²) in [6.45, 7) is 4.48. The van der Waals surface area contributed by atoms with E-state index in [-0.39, 0.29) is 6.71 Å². The molecule has 0 radical (unpaired) electrons. The molecule has 0 aromatic heterocycles. The Morgan fingerprint density at radius 1 is 0.643 bits per heavy atom. The van der Waals surface area contributed by atoms with Crippen LogP contribution in [0.2, 0.25) is 0 Å². The Morgan fingerprint density at radius 2 is 1.39 bits per heavy atom. The van der Waals surface area contributed by atoms with Gasteiger partial charge in [-0.2, -0.15) is 0 Å². The second kappa shape index (κ2) is 6.72. The van der Waals surface area contributed by atoms with Crippen LogP contribution in [0.4, 0.5) is 0 Å². The number of rotatable bonds is 2. The van der Waals surface area contributed by atoms with Gasteiger partial charge in [-0.05, 0) is 53.6 Å². The standard InChI is InChI=1S/C26H21BO/c1-18-15-16-23-25(17-18)28-24-14-7-6-13-22(24)27(23)26-19(2)9-8-12-21(26)20-10-4-3-5-11-20/h3-17H,1-2H3. The van der Waals surface area contributed by atoms with E-state index in [0.29, 0.717) is 0 Å². The summed E-state index contributed by atoms with van der Waals surface area (Å²) in [7, 11) is 0. The van der Waals surface area contributed by atoms with Crippen molar-refractivity contribution < 1.29 is 4.74 Å². The summed E-state index contributed by atoms with van der Waals surface area (Å²) in [6.07, 6.45) is 0. The van der Waals surface area contributed by atoms with Crippen LogP contribution in [-0.2, 0) is 0 Å². The van der Waals surface area contributed by atoms with Gasteiger partial charge in [0.1, 0.15) is 11.5 Å². The van der Waals surface area contributed by atoms with Crippen molar-refractivity contribution in [3.63, 3.8) is 0 Å². The van der Waals surface area contributed by atoms with Gasteiger partial charge >= 0.3 is 0 Å². The minimum absolute atomic E-state index is 0.150. The summed E-state index contributed by atoms with van der Waals surface area (Å²) >= 11 is 0. The molecule has 4 aromatic rings. The lowest BCUT2D eigenvalue weighted by Crippen LogP contribution is -2.56. The fraction of sp³-hybridized carbons (Fsp3) is 0.0769. The van der Waals surface area contributed by atoms with Crippen molar-refractivity contribution in [3.05, 3.63) is 102 Å². The number of aryl methyl sites for hydroxylation is 2. The Morgan fingerprint density at radius 3 is 2.25 bits per heavy atom. The second-order valence-electron chi connectivity index (χ2n) is 7.52. The first-order valence-electron chi connectivity index (χ1n) is 9.74. The van der Waals surface area contributed by atoms with E-state index in [4.69, 9.17) is 4.74 Å². The van der Waals surface area contributed by atoms with Crippen LogP contribution >= 0.6 is 0 Å². The van der Waals surface area contributed by atoms with E-state index in [1.54, 1.807) is 0 Å². The summed E-state index contributed by atoms with van der Waals surface area (Å²) in [5.74, 6) is 1.92. The SMILES string of the molecule is Cc1ccc2c(c1)Oc1ccccc1B2c1c(C)cccc1-c1ccccc1. The maximum absolute atomic E-state index is 6.30. The van der Waals surface area contributed by atoms with Crippen LogP contribution < -0.4 is 21.1 Å². The minimum atomic E-state index is 0.150. The average Bonchev–Trinajstić information content (AvgIpc) is 2.73. The van der Waals surface area contributed by atoms with Crippen molar-refractivity contribution >= 4 is 23.1 Å². The molecule has 0 bridgehead atoms. The van der Waals surface area contributed by atoms with Crippen molar-refractivity contribution in [2.24, 2.45) is 0 Å². The Hall–Kier alpha value is -3.26. The number of hydrogen-bond acceptors (Lipinski definition) is 1. The summed E-state index contributed by atoms with van der Waals surface area (Å²) in [5, 5.41) is 0. The predicted octanol–water partition coefficient (Wildman–Crippen LogP) is 4.59. The van der Waals surface area contributed by atoms with E-state index >= 15 is 0 Å². The van der Waals surface area contributed by atoms with Gasteiger partial charge in [0.15, 0.2) is 0 Å². The lowest BCUT2D eigenvalue weighted by Gasteiger charge is -2.29. The van der Waals surface area contributed by atoms with Crippen LogP contribution in [0.25, 0.3) is 11.1 Å². The Kier molecular flexibility index (Phi) is 4.05. The molecule has 0 unspecified atom stereocenters. The lowest BCUT2D eigenvalue weighted by molar-refractivity contribution is 0.487. The van der Waals surface area contributed by atoms with Crippen molar-refractivity contribution in [2.75, 3.05) is 0 Å². The van der Waals surface area contributed by atoms with E-state index in [9.17, 15) is 0 Å². The summed E-state index contributed by atoms with van der Waals surface area (Å²) in [5.41, 5.74) is 8.86. The van der Waals surface area contributed by atoms with Gasteiger partial charge in [-0.25, -0.2) is 0 Å². The molecule has 0 amide bonds. The third kappa shape index (κ3) is 2.73. The molecule has 0 spiro atoms. The fourth-order valence-electron chi connectivity index (χ4n) is 4.31. The first-order valence-corrected chi connectivity index (χ1v) is 9.74. The van der Waals surface area contributed by atoms with Crippen molar-refractivity contribution in [3.8, 4) is 22.6 Å². The van der Waals surface area contributed by atoms with Crippen molar-refractivity contribution in [1.29, 1.82) is 0 Å². The molecule has 0 fully saturated rings. The molecule has 0 saturated heterocycles. The van der Waals surface area contributed by atoms with Crippen LogP contribution in [0.1, 0.15) is 11.1 Å². The van der Waals surface area contributed by atoms with Gasteiger partial charge in [-0.15, -0.1) is 0 Å². The molecular weight excluding hydrogens is 339 g/mol. The van der Waals surface area contributed by atoms with Crippen molar-refractivity contribution in [1.82, 2.24) is 0 Å². The fourth-order valence-corrected chi connectivity index (χ4v) is 4.31. The zero-order valence-electron chi connectivity index (χ0n) is 16.1. The normalized spacial score (nSPS) is 12.1. The number of hydrogen-bond donors (Lipinski definition) is 0. The third-order valence-corrected chi connectivity index (χ3v) is 5.63. The molecule has 0 atom stereocenters. The van der Waals surface area contributed by atoms with Crippen LogP contribution in [0.5, 0.6) is 11.5 Å². The molecule has 1 heterocycles. The first kappa shape index (κ1) is 16.9.